The summed E-state index contributed by atoms with van der Waals surface area (Å²) in [7, 11) is 0. The standard InChI is InChI=1S/C19H21F3N2O3/c1-13-9-10-23-16(11-13)24(17(25)27-18(2,3)4)12-14-5-7-15(8-6-14)26-19(20,21)22/h5-11H,12H2,1-4H3. The van der Waals surface area contributed by atoms with Crippen molar-refractivity contribution in [2.75, 3.05) is 4.90 Å². The summed E-state index contributed by atoms with van der Waals surface area (Å²) in [5.74, 6) is 0.0589. The van der Waals surface area contributed by atoms with Crippen molar-refractivity contribution in [1.29, 1.82) is 0 Å². The van der Waals surface area contributed by atoms with Crippen molar-refractivity contribution in [2.45, 2.75) is 46.2 Å². The van der Waals surface area contributed by atoms with Crippen molar-refractivity contribution < 1.29 is 27.4 Å². The van der Waals surface area contributed by atoms with Crippen LogP contribution in [0, 0.1) is 6.92 Å². The number of aryl methyl sites for hydroxylation is 1. The van der Waals surface area contributed by atoms with E-state index in [0.717, 1.165) is 5.56 Å². The van der Waals surface area contributed by atoms with Gasteiger partial charge in [-0.25, -0.2) is 9.78 Å². The van der Waals surface area contributed by atoms with Crippen LogP contribution in [0.15, 0.2) is 42.6 Å². The fourth-order valence-corrected chi connectivity index (χ4v) is 2.20. The number of nitrogens with zero attached hydrogens (tertiary/aromatic N) is 2. The molecule has 8 heteroatoms. The molecule has 0 aliphatic rings. The molecule has 0 fully saturated rings. The molecule has 27 heavy (non-hydrogen) atoms. The smallest absolute Gasteiger partial charge is 0.443 e. The number of ether oxygens (including phenoxy) is 2. The zero-order chi connectivity index (χ0) is 20.2. The van der Waals surface area contributed by atoms with Crippen LogP contribution in [0.3, 0.4) is 0 Å². The molecule has 146 valence electrons. The van der Waals surface area contributed by atoms with E-state index in [1.54, 1.807) is 39.1 Å². The third-order valence-corrected chi connectivity index (χ3v) is 3.29. The van der Waals surface area contributed by atoms with Gasteiger partial charge in [0.15, 0.2) is 0 Å². The second-order valence-electron chi connectivity index (χ2n) is 6.95. The van der Waals surface area contributed by atoms with Crippen molar-refractivity contribution in [1.82, 2.24) is 4.98 Å². The molecule has 0 bridgehead atoms. The predicted octanol–water partition coefficient (Wildman–Crippen LogP) is 5.23. The Balaban J connectivity index is 2.25. The molecule has 1 heterocycles. The SMILES string of the molecule is Cc1ccnc(N(Cc2ccc(OC(F)(F)F)cc2)C(=O)OC(C)(C)C)c1. The van der Waals surface area contributed by atoms with Crippen LogP contribution in [-0.4, -0.2) is 23.0 Å². The number of hydrogen-bond donors (Lipinski definition) is 0. The summed E-state index contributed by atoms with van der Waals surface area (Å²) >= 11 is 0. The van der Waals surface area contributed by atoms with Crippen LogP contribution in [-0.2, 0) is 11.3 Å². The Labute approximate surface area is 155 Å². The molecule has 1 aromatic heterocycles. The second kappa shape index (κ2) is 7.85. The highest BCUT2D eigenvalue weighted by Gasteiger charge is 2.31. The maximum Gasteiger partial charge on any atom is 0.573 e. The molecule has 5 nitrogen and oxygen atoms in total. The lowest BCUT2D eigenvalue weighted by atomic mass is 10.2. The van der Waals surface area contributed by atoms with Gasteiger partial charge < -0.3 is 9.47 Å². The monoisotopic (exact) mass is 382 g/mol. The number of halogens is 3. The van der Waals surface area contributed by atoms with Crippen LogP contribution in [0.25, 0.3) is 0 Å². The topological polar surface area (TPSA) is 51.7 Å². The molecule has 0 aliphatic carbocycles. The van der Waals surface area contributed by atoms with Crippen molar-refractivity contribution in [3.05, 3.63) is 53.7 Å². The average Bonchev–Trinajstić information content (AvgIpc) is 2.51. The van der Waals surface area contributed by atoms with Gasteiger partial charge in [0, 0.05) is 6.20 Å². The zero-order valence-electron chi connectivity index (χ0n) is 15.5. The Hall–Kier alpha value is -2.77. The van der Waals surface area contributed by atoms with Gasteiger partial charge in [0.2, 0.25) is 0 Å². The number of anilines is 1. The van der Waals surface area contributed by atoms with E-state index in [0.29, 0.717) is 11.4 Å². The summed E-state index contributed by atoms with van der Waals surface area (Å²) in [4.78, 5) is 18.2. The lowest BCUT2D eigenvalue weighted by Gasteiger charge is -2.27. The molecule has 0 unspecified atom stereocenters. The number of pyridine rings is 1. The van der Waals surface area contributed by atoms with Gasteiger partial charge >= 0.3 is 12.5 Å². The molecule has 0 spiro atoms. The molecule has 0 saturated carbocycles. The summed E-state index contributed by atoms with van der Waals surface area (Å²) in [5, 5.41) is 0. The van der Waals surface area contributed by atoms with Gasteiger partial charge in [-0.15, -0.1) is 13.2 Å². The second-order valence-corrected chi connectivity index (χ2v) is 6.95. The van der Waals surface area contributed by atoms with Gasteiger partial charge in [-0.05, 0) is 63.1 Å². The van der Waals surface area contributed by atoms with Crippen molar-refractivity contribution in [3.8, 4) is 5.75 Å². The summed E-state index contributed by atoms with van der Waals surface area (Å²) < 4.78 is 46.1. The van der Waals surface area contributed by atoms with E-state index < -0.39 is 18.1 Å². The van der Waals surface area contributed by atoms with Crippen LogP contribution in [0.2, 0.25) is 0 Å². The molecule has 1 aromatic carbocycles. The van der Waals surface area contributed by atoms with Gasteiger partial charge in [0.05, 0.1) is 6.54 Å². The highest BCUT2D eigenvalue weighted by atomic mass is 19.4. The largest absolute Gasteiger partial charge is 0.573 e. The van der Waals surface area contributed by atoms with Crippen LogP contribution < -0.4 is 9.64 Å². The van der Waals surface area contributed by atoms with E-state index in [1.165, 1.54) is 29.2 Å². The maximum absolute atomic E-state index is 12.6. The number of aromatic nitrogens is 1. The van der Waals surface area contributed by atoms with Crippen molar-refractivity contribution >= 4 is 11.9 Å². The summed E-state index contributed by atoms with van der Waals surface area (Å²) in [6.45, 7) is 7.18. The van der Waals surface area contributed by atoms with E-state index in [2.05, 4.69) is 9.72 Å². The van der Waals surface area contributed by atoms with Crippen molar-refractivity contribution in [2.24, 2.45) is 0 Å². The highest BCUT2D eigenvalue weighted by Crippen LogP contribution is 2.24. The number of carbonyl (C=O) groups excluding carboxylic acids is 1. The summed E-state index contributed by atoms with van der Waals surface area (Å²) in [5.41, 5.74) is 0.796. The Kier molecular flexibility index (Phi) is 5.98. The predicted molar refractivity (Wildman–Crippen MR) is 94.5 cm³/mol. The first-order chi connectivity index (χ1) is 12.4. The van der Waals surface area contributed by atoms with Gasteiger partial charge in [0.1, 0.15) is 17.2 Å². The minimum atomic E-state index is -4.75. The molecule has 1 amide bonds. The molecule has 2 rings (SSSR count). The molecule has 0 radical (unpaired) electrons. The fourth-order valence-electron chi connectivity index (χ4n) is 2.20. The molecular weight excluding hydrogens is 361 g/mol. The van der Waals surface area contributed by atoms with Crippen LogP contribution in [0.4, 0.5) is 23.8 Å². The highest BCUT2D eigenvalue weighted by molar-refractivity contribution is 5.86. The maximum atomic E-state index is 12.6. The molecular formula is C19H21F3N2O3. The number of carbonyl (C=O) groups is 1. The summed E-state index contributed by atoms with van der Waals surface area (Å²) in [6.07, 6.45) is -3.78. The lowest BCUT2D eigenvalue weighted by molar-refractivity contribution is -0.274. The van der Waals surface area contributed by atoms with Crippen LogP contribution >= 0.6 is 0 Å². The quantitative estimate of drug-likeness (QED) is 0.727. The van der Waals surface area contributed by atoms with Crippen molar-refractivity contribution in [3.63, 3.8) is 0 Å². The van der Waals surface area contributed by atoms with E-state index in [9.17, 15) is 18.0 Å². The first-order valence-electron chi connectivity index (χ1n) is 8.21. The molecule has 0 aliphatic heterocycles. The zero-order valence-corrected chi connectivity index (χ0v) is 15.5. The Morgan fingerprint density at radius 3 is 2.26 bits per heavy atom. The Morgan fingerprint density at radius 1 is 1.11 bits per heavy atom. The van der Waals surface area contributed by atoms with Gasteiger partial charge in [0.25, 0.3) is 0 Å². The number of benzene rings is 1. The first-order valence-corrected chi connectivity index (χ1v) is 8.21. The first kappa shape index (κ1) is 20.5. The molecule has 0 saturated heterocycles. The third kappa shape index (κ3) is 6.80. The van der Waals surface area contributed by atoms with Crippen LogP contribution in [0.5, 0.6) is 5.75 Å². The van der Waals surface area contributed by atoms with Gasteiger partial charge in [-0.3, -0.25) is 4.90 Å². The minimum Gasteiger partial charge on any atom is -0.443 e. The third-order valence-electron chi connectivity index (χ3n) is 3.29. The molecule has 2 aromatic rings. The van der Waals surface area contributed by atoms with Crippen LogP contribution in [0.1, 0.15) is 31.9 Å². The Bertz CT molecular complexity index is 784. The van der Waals surface area contributed by atoms with Gasteiger partial charge in [-0.1, -0.05) is 12.1 Å². The Morgan fingerprint density at radius 2 is 1.74 bits per heavy atom. The lowest BCUT2D eigenvalue weighted by Crippen LogP contribution is -2.37. The normalized spacial score (nSPS) is 11.8. The van der Waals surface area contributed by atoms with E-state index in [-0.39, 0.29) is 12.3 Å². The number of amides is 1. The van der Waals surface area contributed by atoms with Gasteiger partial charge in [-0.2, -0.15) is 0 Å². The minimum absolute atomic E-state index is 0.0810. The summed E-state index contributed by atoms with van der Waals surface area (Å²) in [6, 6.07) is 8.81. The molecule has 0 atom stereocenters. The number of rotatable bonds is 4. The molecule has 0 N–H and O–H groups in total. The fraction of sp³-hybridized carbons (Fsp3) is 0.368. The number of hydrogen-bond acceptors (Lipinski definition) is 4. The van der Waals surface area contributed by atoms with E-state index in [4.69, 9.17) is 4.74 Å². The average molecular weight is 382 g/mol. The van der Waals surface area contributed by atoms with E-state index >= 15 is 0 Å². The van der Waals surface area contributed by atoms with E-state index in [1.807, 2.05) is 6.92 Å². The number of alkyl halides is 3.